The summed E-state index contributed by atoms with van der Waals surface area (Å²) in [6, 6.07) is 52.5. The van der Waals surface area contributed by atoms with Gasteiger partial charge in [-0.1, -0.05) is 109 Å². The molecule has 0 saturated heterocycles. The molecule has 1 aromatic heterocycles. The van der Waals surface area contributed by atoms with Crippen molar-refractivity contribution in [1.82, 2.24) is 0 Å². The molecule has 3 nitrogen and oxygen atoms in total. The standard InChI is InChI=1S/C37H28NO2/c39-37(31-21-11-4-12-22-31)40-36-24-14-13-23-33(36)35-26-32(29-17-7-2-8-18-29)25-34(30-19-9-3-10-20-30)38(35)27-28-15-5-1-6-16-28/h1-26H,27H2/q+1. The van der Waals surface area contributed by atoms with Gasteiger partial charge in [0.15, 0.2) is 6.54 Å². The summed E-state index contributed by atoms with van der Waals surface area (Å²) < 4.78 is 8.34. The van der Waals surface area contributed by atoms with Crippen LogP contribution in [0.3, 0.4) is 0 Å². The summed E-state index contributed by atoms with van der Waals surface area (Å²) in [5.41, 5.74) is 7.88. The Hall–Kier alpha value is -5.28. The number of esters is 1. The van der Waals surface area contributed by atoms with E-state index in [1.807, 2.05) is 60.7 Å². The van der Waals surface area contributed by atoms with Crippen LogP contribution < -0.4 is 9.30 Å². The smallest absolute Gasteiger partial charge is 0.343 e. The van der Waals surface area contributed by atoms with E-state index < -0.39 is 0 Å². The Balaban J connectivity index is 1.58. The molecule has 0 amide bonds. The molecule has 40 heavy (non-hydrogen) atoms. The molecule has 0 unspecified atom stereocenters. The zero-order valence-corrected chi connectivity index (χ0v) is 22.0. The second kappa shape index (κ2) is 11.6. The maximum Gasteiger partial charge on any atom is 0.343 e. The maximum atomic E-state index is 13.1. The van der Waals surface area contributed by atoms with Gasteiger partial charge in [0.05, 0.1) is 11.1 Å². The molecular weight excluding hydrogens is 490 g/mol. The van der Waals surface area contributed by atoms with E-state index in [0.717, 1.165) is 33.6 Å². The van der Waals surface area contributed by atoms with E-state index >= 15 is 0 Å². The third-order valence-corrected chi connectivity index (χ3v) is 6.90. The highest BCUT2D eigenvalue weighted by Gasteiger charge is 2.26. The first-order chi connectivity index (χ1) is 19.8. The van der Waals surface area contributed by atoms with Crippen LogP contribution >= 0.6 is 0 Å². The topological polar surface area (TPSA) is 30.2 Å². The van der Waals surface area contributed by atoms with Crippen LogP contribution in [0.15, 0.2) is 158 Å². The highest BCUT2D eigenvalue weighted by molar-refractivity contribution is 5.92. The fourth-order valence-corrected chi connectivity index (χ4v) is 4.93. The van der Waals surface area contributed by atoms with Crippen molar-refractivity contribution >= 4 is 5.97 Å². The number of nitrogens with zero attached hydrogens (tertiary/aromatic N) is 1. The van der Waals surface area contributed by atoms with Crippen LogP contribution in [-0.4, -0.2) is 5.97 Å². The molecule has 0 aliphatic rings. The highest BCUT2D eigenvalue weighted by atomic mass is 16.5. The number of aromatic nitrogens is 1. The number of ether oxygens (including phenoxy) is 1. The predicted molar refractivity (Wildman–Crippen MR) is 160 cm³/mol. The average molecular weight is 519 g/mol. The lowest BCUT2D eigenvalue weighted by Gasteiger charge is -2.15. The Morgan fingerprint density at radius 1 is 0.525 bits per heavy atom. The van der Waals surface area contributed by atoms with Gasteiger partial charge in [0.2, 0.25) is 11.4 Å². The van der Waals surface area contributed by atoms with Gasteiger partial charge >= 0.3 is 5.97 Å². The van der Waals surface area contributed by atoms with Crippen LogP contribution in [0.1, 0.15) is 15.9 Å². The Labute approximate surface area is 234 Å². The number of hydrogen-bond donors (Lipinski definition) is 0. The zero-order valence-electron chi connectivity index (χ0n) is 22.0. The van der Waals surface area contributed by atoms with Gasteiger partial charge in [-0.3, -0.25) is 0 Å². The van der Waals surface area contributed by atoms with Crippen molar-refractivity contribution in [3.63, 3.8) is 0 Å². The van der Waals surface area contributed by atoms with Gasteiger partial charge in [0, 0.05) is 23.3 Å². The van der Waals surface area contributed by atoms with Gasteiger partial charge in [0.25, 0.3) is 0 Å². The monoisotopic (exact) mass is 518 g/mol. The molecule has 0 bridgehead atoms. The van der Waals surface area contributed by atoms with Crippen molar-refractivity contribution < 1.29 is 14.1 Å². The second-order valence-corrected chi connectivity index (χ2v) is 9.57. The lowest BCUT2D eigenvalue weighted by molar-refractivity contribution is -0.666. The van der Waals surface area contributed by atoms with E-state index in [9.17, 15) is 4.79 Å². The molecule has 0 aliphatic carbocycles. The van der Waals surface area contributed by atoms with Crippen molar-refractivity contribution in [2.24, 2.45) is 0 Å². The number of benzene rings is 5. The summed E-state index contributed by atoms with van der Waals surface area (Å²) >= 11 is 0. The number of carbonyl (C=O) groups is 1. The molecule has 0 saturated carbocycles. The number of pyridine rings is 1. The molecular formula is C37H28NO2+. The summed E-state index contributed by atoms with van der Waals surface area (Å²) in [7, 11) is 0. The predicted octanol–water partition coefficient (Wildman–Crippen LogP) is 8.24. The van der Waals surface area contributed by atoms with E-state index in [1.165, 1.54) is 5.56 Å². The molecule has 0 spiro atoms. The second-order valence-electron chi connectivity index (χ2n) is 9.57. The minimum atomic E-state index is -0.384. The normalized spacial score (nSPS) is 10.7. The van der Waals surface area contributed by atoms with Crippen LogP contribution in [0.5, 0.6) is 5.75 Å². The van der Waals surface area contributed by atoms with Gasteiger partial charge < -0.3 is 4.74 Å². The van der Waals surface area contributed by atoms with Crippen LogP contribution in [-0.2, 0) is 6.54 Å². The quantitative estimate of drug-likeness (QED) is 0.121. The van der Waals surface area contributed by atoms with E-state index in [-0.39, 0.29) is 5.97 Å². The number of carbonyl (C=O) groups excluding carboxylic acids is 1. The Bertz CT molecular complexity index is 1730. The minimum absolute atomic E-state index is 0.384. The lowest BCUT2D eigenvalue weighted by Crippen LogP contribution is -2.39. The largest absolute Gasteiger partial charge is 0.422 e. The number of hydrogen-bond acceptors (Lipinski definition) is 2. The van der Waals surface area contributed by atoms with Gasteiger partial charge in [-0.2, -0.15) is 4.57 Å². The molecule has 0 radical (unpaired) electrons. The molecule has 192 valence electrons. The molecule has 3 heteroatoms. The third-order valence-electron chi connectivity index (χ3n) is 6.90. The fraction of sp³-hybridized carbons (Fsp3) is 0.0270. The molecule has 0 atom stereocenters. The van der Waals surface area contributed by atoms with Crippen molar-refractivity contribution in [3.05, 3.63) is 169 Å². The minimum Gasteiger partial charge on any atom is -0.422 e. The molecule has 1 heterocycles. The Kier molecular flexibility index (Phi) is 7.27. The number of para-hydroxylation sites is 1. The van der Waals surface area contributed by atoms with Gasteiger partial charge in [-0.25, -0.2) is 4.79 Å². The van der Waals surface area contributed by atoms with Crippen molar-refractivity contribution in [2.75, 3.05) is 0 Å². The lowest BCUT2D eigenvalue weighted by atomic mass is 9.98. The Morgan fingerprint density at radius 2 is 1.05 bits per heavy atom. The zero-order chi connectivity index (χ0) is 27.1. The first-order valence-electron chi connectivity index (χ1n) is 13.4. The Morgan fingerprint density at radius 3 is 1.73 bits per heavy atom. The van der Waals surface area contributed by atoms with Crippen molar-refractivity contribution in [1.29, 1.82) is 0 Å². The molecule has 0 N–H and O–H groups in total. The SMILES string of the molecule is O=C(Oc1ccccc1-c1cc(-c2ccccc2)cc(-c2ccccc2)[n+]1Cc1ccccc1)c1ccccc1. The first-order valence-corrected chi connectivity index (χ1v) is 13.4. The van der Waals surface area contributed by atoms with Crippen LogP contribution in [0.2, 0.25) is 0 Å². The van der Waals surface area contributed by atoms with Crippen LogP contribution in [0.4, 0.5) is 0 Å². The maximum absolute atomic E-state index is 13.1. The molecule has 0 aliphatic heterocycles. The van der Waals surface area contributed by atoms with Gasteiger partial charge in [-0.05, 0) is 47.5 Å². The molecule has 6 aromatic rings. The van der Waals surface area contributed by atoms with Crippen LogP contribution in [0, 0.1) is 0 Å². The number of rotatable bonds is 7. The summed E-state index contributed by atoms with van der Waals surface area (Å²) in [4.78, 5) is 13.1. The van der Waals surface area contributed by atoms with Crippen molar-refractivity contribution in [3.8, 4) is 39.4 Å². The third kappa shape index (κ3) is 5.45. The fourth-order valence-electron chi connectivity index (χ4n) is 4.93. The molecule has 0 fully saturated rings. The average Bonchev–Trinajstić information content (AvgIpc) is 3.03. The van der Waals surface area contributed by atoms with E-state index in [0.29, 0.717) is 17.9 Å². The van der Waals surface area contributed by atoms with Gasteiger partial charge in [-0.15, -0.1) is 0 Å². The van der Waals surface area contributed by atoms with E-state index in [4.69, 9.17) is 4.74 Å². The highest BCUT2D eigenvalue weighted by Crippen LogP contribution is 2.34. The summed E-state index contributed by atoms with van der Waals surface area (Å²) in [5, 5.41) is 0. The summed E-state index contributed by atoms with van der Waals surface area (Å²) in [6.45, 7) is 0.649. The summed E-state index contributed by atoms with van der Waals surface area (Å²) in [5.74, 6) is 0.132. The molecule has 5 aromatic carbocycles. The van der Waals surface area contributed by atoms with Crippen molar-refractivity contribution in [2.45, 2.75) is 6.54 Å². The first kappa shape index (κ1) is 25.0. The van der Waals surface area contributed by atoms with E-state index in [1.54, 1.807) is 12.1 Å². The van der Waals surface area contributed by atoms with Gasteiger partial charge in [0.1, 0.15) is 5.75 Å². The summed E-state index contributed by atoms with van der Waals surface area (Å²) in [6.07, 6.45) is 0. The molecule has 6 rings (SSSR count). The van der Waals surface area contributed by atoms with E-state index in [2.05, 4.69) is 89.5 Å². The van der Waals surface area contributed by atoms with Crippen LogP contribution in [0.25, 0.3) is 33.6 Å².